The fourth-order valence-electron chi connectivity index (χ4n) is 3.36. The summed E-state index contributed by atoms with van der Waals surface area (Å²) in [5.41, 5.74) is 2.13. The summed E-state index contributed by atoms with van der Waals surface area (Å²) >= 11 is 0. The molecular weight excluding hydrogens is 418 g/mol. The van der Waals surface area contributed by atoms with E-state index in [-0.39, 0.29) is 17.6 Å². The highest BCUT2D eigenvalue weighted by Crippen LogP contribution is 2.24. The Balaban J connectivity index is 1.77. The number of sulfonamides is 1. The number of hydrogen-bond acceptors (Lipinski definition) is 5. The molecule has 1 aliphatic heterocycles. The van der Waals surface area contributed by atoms with Crippen LogP contribution in [0, 0.1) is 6.92 Å². The van der Waals surface area contributed by atoms with Crippen LogP contribution < -0.4 is 14.9 Å². The van der Waals surface area contributed by atoms with Crippen LogP contribution in [0.4, 0.5) is 11.4 Å². The molecule has 8 nitrogen and oxygen atoms in total. The lowest BCUT2D eigenvalue weighted by molar-refractivity contribution is 0.0858. The third-order valence-electron chi connectivity index (χ3n) is 5.24. The number of carbonyl (C=O) groups is 2. The Kier molecular flexibility index (Phi) is 6.97. The Hall–Kier alpha value is -2.91. The molecule has 2 aromatic rings. The van der Waals surface area contributed by atoms with E-state index < -0.39 is 15.9 Å². The molecule has 1 saturated heterocycles. The van der Waals surface area contributed by atoms with E-state index in [1.165, 1.54) is 13.1 Å². The number of para-hydroxylation sites is 1. The minimum absolute atomic E-state index is 0.0171. The Labute approximate surface area is 182 Å². The number of amides is 2. The van der Waals surface area contributed by atoms with E-state index >= 15 is 0 Å². The van der Waals surface area contributed by atoms with E-state index in [4.69, 9.17) is 4.74 Å². The van der Waals surface area contributed by atoms with Gasteiger partial charge in [-0.15, -0.1) is 0 Å². The average molecular weight is 446 g/mol. The van der Waals surface area contributed by atoms with Gasteiger partial charge >= 0.3 is 0 Å². The van der Waals surface area contributed by atoms with Crippen LogP contribution in [0.3, 0.4) is 0 Å². The molecule has 0 spiro atoms. The summed E-state index contributed by atoms with van der Waals surface area (Å²) in [6.45, 7) is 2.90. The van der Waals surface area contributed by atoms with Crippen molar-refractivity contribution in [3.63, 3.8) is 0 Å². The smallest absolute Gasteiger partial charge is 0.255 e. The number of carbonyl (C=O) groups excluding carboxylic acids is 2. The van der Waals surface area contributed by atoms with Crippen molar-refractivity contribution in [2.75, 3.05) is 36.1 Å². The molecule has 3 rings (SSSR count). The lowest BCUT2D eigenvalue weighted by Gasteiger charge is -2.20. The second-order valence-electron chi connectivity index (χ2n) is 7.58. The highest BCUT2D eigenvalue weighted by atomic mass is 32.2. The number of benzene rings is 2. The highest BCUT2D eigenvalue weighted by molar-refractivity contribution is 7.92. The van der Waals surface area contributed by atoms with Gasteiger partial charge < -0.3 is 15.4 Å². The van der Waals surface area contributed by atoms with Crippen molar-refractivity contribution >= 4 is 33.2 Å². The normalized spacial score (nSPS) is 16.0. The van der Waals surface area contributed by atoms with Crippen LogP contribution in [-0.2, 0) is 14.8 Å². The minimum atomic E-state index is -3.47. The zero-order valence-electron chi connectivity index (χ0n) is 17.8. The summed E-state index contributed by atoms with van der Waals surface area (Å²) in [6, 6.07) is 11.6. The number of aryl methyl sites for hydroxylation is 1. The van der Waals surface area contributed by atoms with Crippen molar-refractivity contribution in [3.8, 4) is 0 Å². The van der Waals surface area contributed by atoms with Crippen molar-refractivity contribution in [1.82, 2.24) is 5.32 Å². The van der Waals surface area contributed by atoms with Crippen molar-refractivity contribution in [2.24, 2.45) is 0 Å². The van der Waals surface area contributed by atoms with Crippen molar-refractivity contribution in [2.45, 2.75) is 25.9 Å². The Morgan fingerprint density at radius 2 is 1.90 bits per heavy atom. The standard InChI is InChI=1S/C22H27N3O5S/c1-15-10-11-16(13-20(15)25(2)31(3,28)29)21(26)24-19-9-5-4-8-18(19)22(27)23-14-17-7-6-12-30-17/h4-5,8-11,13,17H,6-7,12,14H2,1-3H3,(H,23,27)(H,24,26)/t17-/m1/s1. The number of hydrogen-bond donors (Lipinski definition) is 2. The molecular formula is C22H27N3O5S. The average Bonchev–Trinajstić information content (AvgIpc) is 3.25. The zero-order chi connectivity index (χ0) is 22.6. The first-order valence-electron chi connectivity index (χ1n) is 10.0. The van der Waals surface area contributed by atoms with Gasteiger partial charge in [-0.2, -0.15) is 0 Å². The molecule has 0 aromatic heterocycles. The van der Waals surface area contributed by atoms with Crippen molar-refractivity contribution in [3.05, 3.63) is 59.2 Å². The molecule has 9 heteroatoms. The Morgan fingerprint density at radius 1 is 1.16 bits per heavy atom. The monoisotopic (exact) mass is 445 g/mol. The summed E-state index contributed by atoms with van der Waals surface area (Å²) in [7, 11) is -2.04. The Morgan fingerprint density at radius 3 is 2.58 bits per heavy atom. The second-order valence-corrected chi connectivity index (χ2v) is 9.59. The molecule has 0 radical (unpaired) electrons. The lowest BCUT2D eigenvalue weighted by atomic mass is 10.1. The van der Waals surface area contributed by atoms with Gasteiger partial charge in [0.2, 0.25) is 10.0 Å². The molecule has 2 amide bonds. The maximum atomic E-state index is 12.9. The van der Waals surface area contributed by atoms with E-state index in [2.05, 4.69) is 10.6 Å². The number of ether oxygens (including phenoxy) is 1. The van der Waals surface area contributed by atoms with Gasteiger partial charge in [0.15, 0.2) is 0 Å². The van der Waals surface area contributed by atoms with Crippen LogP contribution in [0.25, 0.3) is 0 Å². The van der Waals surface area contributed by atoms with Crippen molar-refractivity contribution in [1.29, 1.82) is 0 Å². The molecule has 1 aliphatic rings. The minimum Gasteiger partial charge on any atom is -0.376 e. The third-order valence-corrected chi connectivity index (χ3v) is 6.43. The summed E-state index contributed by atoms with van der Waals surface area (Å²) in [4.78, 5) is 25.5. The van der Waals surface area contributed by atoms with Gasteiger partial charge in [-0.25, -0.2) is 8.42 Å². The molecule has 31 heavy (non-hydrogen) atoms. The summed E-state index contributed by atoms with van der Waals surface area (Å²) in [6.07, 6.45) is 3.02. The van der Waals surface area contributed by atoms with Crippen LogP contribution in [0.15, 0.2) is 42.5 Å². The number of nitrogens with one attached hydrogen (secondary N) is 2. The molecule has 2 N–H and O–H groups in total. The predicted molar refractivity (Wildman–Crippen MR) is 120 cm³/mol. The van der Waals surface area contributed by atoms with Gasteiger partial charge in [-0.1, -0.05) is 18.2 Å². The Bertz CT molecular complexity index is 1080. The summed E-state index contributed by atoms with van der Waals surface area (Å²) < 4.78 is 30.5. The second kappa shape index (κ2) is 9.49. The third kappa shape index (κ3) is 5.62. The lowest BCUT2D eigenvalue weighted by Crippen LogP contribution is -2.32. The molecule has 1 atom stereocenters. The highest BCUT2D eigenvalue weighted by Gasteiger charge is 2.20. The molecule has 0 aliphatic carbocycles. The molecule has 0 saturated carbocycles. The first-order chi connectivity index (χ1) is 14.7. The molecule has 0 unspecified atom stereocenters. The summed E-state index contributed by atoms with van der Waals surface area (Å²) in [5.74, 6) is -0.740. The fraction of sp³-hybridized carbons (Fsp3) is 0.364. The van der Waals surface area contributed by atoms with Crippen LogP contribution in [0.2, 0.25) is 0 Å². The quantitative estimate of drug-likeness (QED) is 0.682. The first kappa shape index (κ1) is 22.8. The number of rotatable bonds is 7. The molecule has 1 fully saturated rings. The van der Waals surface area contributed by atoms with Gasteiger partial charge in [-0.05, 0) is 49.6 Å². The fourth-order valence-corrected chi connectivity index (χ4v) is 3.91. The molecule has 1 heterocycles. The number of nitrogens with zero attached hydrogens (tertiary/aromatic N) is 1. The maximum absolute atomic E-state index is 12.9. The largest absolute Gasteiger partial charge is 0.376 e. The molecule has 2 aromatic carbocycles. The predicted octanol–water partition coefficient (Wildman–Crippen LogP) is 2.55. The van der Waals surface area contributed by atoms with Gasteiger partial charge in [0.05, 0.1) is 29.3 Å². The van der Waals surface area contributed by atoms with E-state index in [1.807, 2.05) is 0 Å². The van der Waals surface area contributed by atoms with E-state index in [0.717, 1.165) is 29.0 Å². The SMILES string of the molecule is Cc1ccc(C(=O)Nc2ccccc2C(=O)NC[C@H]2CCCO2)cc1N(C)S(C)(=O)=O. The van der Waals surface area contributed by atoms with Gasteiger partial charge in [-0.3, -0.25) is 13.9 Å². The zero-order valence-corrected chi connectivity index (χ0v) is 18.7. The van der Waals surface area contributed by atoms with Gasteiger partial charge in [0, 0.05) is 25.8 Å². The maximum Gasteiger partial charge on any atom is 0.255 e. The van der Waals surface area contributed by atoms with Gasteiger partial charge in [0.1, 0.15) is 0 Å². The van der Waals surface area contributed by atoms with E-state index in [1.54, 1.807) is 43.3 Å². The van der Waals surface area contributed by atoms with Crippen LogP contribution >= 0.6 is 0 Å². The van der Waals surface area contributed by atoms with E-state index in [0.29, 0.717) is 30.1 Å². The van der Waals surface area contributed by atoms with E-state index in [9.17, 15) is 18.0 Å². The topological polar surface area (TPSA) is 105 Å². The summed E-state index contributed by atoms with van der Waals surface area (Å²) in [5, 5.41) is 5.61. The van der Waals surface area contributed by atoms with Gasteiger partial charge in [0.25, 0.3) is 11.8 Å². The van der Waals surface area contributed by atoms with Crippen LogP contribution in [-0.4, -0.2) is 52.8 Å². The van der Waals surface area contributed by atoms with Crippen LogP contribution in [0.5, 0.6) is 0 Å². The molecule has 0 bridgehead atoms. The molecule has 166 valence electrons. The first-order valence-corrected chi connectivity index (χ1v) is 11.9. The number of anilines is 2. The van der Waals surface area contributed by atoms with Crippen LogP contribution in [0.1, 0.15) is 39.1 Å². The van der Waals surface area contributed by atoms with Crippen molar-refractivity contribution < 1.29 is 22.7 Å².